The van der Waals surface area contributed by atoms with Gasteiger partial charge in [-0.1, -0.05) is 0 Å². The van der Waals surface area contributed by atoms with Gasteiger partial charge < -0.3 is 5.32 Å². The zero-order valence-electron chi connectivity index (χ0n) is 8.78. The SMILES string of the molecule is CNC(C)CCc1cc(F)c(F)c(F)c1. The molecule has 0 aliphatic carbocycles. The third kappa shape index (κ3) is 3.23. The first-order valence-electron chi connectivity index (χ1n) is 4.85. The van der Waals surface area contributed by atoms with Gasteiger partial charge in [-0.2, -0.15) is 0 Å². The van der Waals surface area contributed by atoms with Gasteiger partial charge in [-0.15, -0.1) is 0 Å². The number of nitrogens with one attached hydrogen (secondary N) is 1. The van der Waals surface area contributed by atoms with Crippen LogP contribution < -0.4 is 5.32 Å². The third-order valence-electron chi connectivity index (χ3n) is 2.40. The number of aryl methyl sites for hydroxylation is 1. The fourth-order valence-corrected chi connectivity index (χ4v) is 1.28. The Hall–Kier alpha value is -1.03. The molecule has 1 nitrogen and oxygen atoms in total. The lowest BCUT2D eigenvalue weighted by Gasteiger charge is -2.09. The fourth-order valence-electron chi connectivity index (χ4n) is 1.28. The Bertz CT molecular complexity index is 316. The minimum atomic E-state index is -1.40. The Morgan fingerprint density at radius 3 is 2.20 bits per heavy atom. The van der Waals surface area contributed by atoms with Crippen molar-refractivity contribution in [1.82, 2.24) is 5.32 Å². The zero-order chi connectivity index (χ0) is 11.4. The Morgan fingerprint density at radius 1 is 1.20 bits per heavy atom. The first kappa shape index (κ1) is 12.0. The molecule has 1 N–H and O–H groups in total. The molecule has 0 amide bonds. The van der Waals surface area contributed by atoms with Crippen molar-refractivity contribution in [2.45, 2.75) is 25.8 Å². The highest BCUT2D eigenvalue weighted by atomic mass is 19.2. The van der Waals surface area contributed by atoms with Crippen molar-refractivity contribution in [3.8, 4) is 0 Å². The summed E-state index contributed by atoms with van der Waals surface area (Å²) in [5, 5.41) is 3.01. The molecule has 0 radical (unpaired) electrons. The van der Waals surface area contributed by atoms with Crippen molar-refractivity contribution in [1.29, 1.82) is 0 Å². The standard InChI is InChI=1S/C11H14F3N/c1-7(15-2)3-4-8-5-9(12)11(14)10(13)6-8/h5-7,15H,3-4H2,1-2H3. The molecule has 1 rings (SSSR count). The highest BCUT2D eigenvalue weighted by molar-refractivity contribution is 5.19. The zero-order valence-corrected chi connectivity index (χ0v) is 8.78. The van der Waals surface area contributed by atoms with Crippen LogP contribution in [0, 0.1) is 17.5 Å². The number of halogens is 3. The van der Waals surface area contributed by atoms with Gasteiger partial charge in [-0.25, -0.2) is 13.2 Å². The highest BCUT2D eigenvalue weighted by Crippen LogP contribution is 2.15. The summed E-state index contributed by atoms with van der Waals surface area (Å²) in [6, 6.07) is 2.35. The molecule has 1 unspecified atom stereocenters. The van der Waals surface area contributed by atoms with E-state index in [0.29, 0.717) is 12.0 Å². The molecule has 0 aliphatic heterocycles. The Balaban J connectivity index is 2.70. The minimum absolute atomic E-state index is 0.265. The van der Waals surface area contributed by atoms with E-state index in [0.717, 1.165) is 18.6 Å². The van der Waals surface area contributed by atoms with Crippen LogP contribution in [0.4, 0.5) is 13.2 Å². The fraction of sp³-hybridized carbons (Fsp3) is 0.455. The normalized spacial score (nSPS) is 12.9. The predicted octanol–water partition coefficient (Wildman–Crippen LogP) is 2.64. The van der Waals surface area contributed by atoms with Crippen molar-refractivity contribution >= 4 is 0 Å². The molecule has 1 aromatic carbocycles. The maximum atomic E-state index is 12.8. The van der Waals surface area contributed by atoms with E-state index in [9.17, 15) is 13.2 Å². The van der Waals surface area contributed by atoms with Crippen LogP contribution in [0.2, 0.25) is 0 Å². The van der Waals surface area contributed by atoms with Crippen molar-refractivity contribution in [2.24, 2.45) is 0 Å². The van der Waals surface area contributed by atoms with E-state index in [1.54, 1.807) is 0 Å². The summed E-state index contributed by atoms with van der Waals surface area (Å²) in [6.45, 7) is 1.97. The summed E-state index contributed by atoms with van der Waals surface area (Å²) in [5.74, 6) is -3.65. The summed E-state index contributed by atoms with van der Waals surface area (Å²) in [7, 11) is 1.82. The largest absolute Gasteiger partial charge is 0.317 e. The van der Waals surface area contributed by atoms with Crippen LogP contribution in [0.25, 0.3) is 0 Å². The van der Waals surface area contributed by atoms with E-state index in [2.05, 4.69) is 5.32 Å². The molecule has 1 aromatic rings. The van der Waals surface area contributed by atoms with Crippen LogP contribution in [0.1, 0.15) is 18.9 Å². The van der Waals surface area contributed by atoms with Gasteiger partial charge in [0.1, 0.15) is 0 Å². The maximum absolute atomic E-state index is 12.8. The van der Waals surface area contributed by atoms with Gasteiger partial charge in [0.2, 0.25) is 0 Å². The first-order valence-corrected chi connectivity index (χ1v) is 4.85. The lowest BCUT2D eigenvalue weighted by molar-refractivity contribution is 0.444. The summed E-state index contributed by atoms with van der Waals surface area (Å²) < 4.78 is 38.2. The monoisotopic (exact) mass is 217 g/mol. The van der Waals surface area contributed by atoms with Crippen LogP contribution in [-0.2, 0) is 6.42 Å². The second-order valence-corrected chi connectivity index (χ2v) is 3.60. The molecule has 15 heavy (non-hydrogen) atoms. The van der Waals surface area contributed by atoms with E-state index in [1.165, 1.54) is 0 Å². The molecule has 0 saturated carbocycles. The van der Waals surface area contributed by atoms with Crippen molar-refractivity contribution < 1.29 is 13.2 Å². The molecule has 84 valence electrons. The van der Waals surface area contributed by atoms with Gasteiger partial charge in [0, 0.05) is 6.04 Å². The second-order valence-electron chi connectivity index (χ2n) is 3.60. The summed E-state index contributed by atoms with van der Waals surface area (Å²) in [6.07, 6.45) is 1.27. The molecule has 4 heteroatoms. The smallest absolute Gasteiger partial charge is 0.194 e. The second kappa shape index (κ2) is 5.16. The Kier molecular flexibility index (Phi) is 4.15. The Labute approximate surface area is 87.3 Å². The third-order valence-corrected chi connectivity index (χ3v) is 2.40. The molecule has 0 aromatic heterocycles. The van der Waals surface area contributed by atoms with Gasteiger partial charge in [-0.05, 0) is 44.5 Å². The maximum Gasteiger partial charge on any atom is 0.194 e. The van der Waals surface area contributed by atoms with Crippen LogP contribution in [0.3, 0.4) is 0 Å². The van der Waals surface area contributed by atoms with E-state index < -0.39 is 17.5 Å². The molecule has 0 fully saturated rings. The molecule has 0 spiro atoms. The van der Waals surface area contributed by atoms with E-state index in [1.807, 2.05) is 14.0 Å². The quantitative estimate of drug-likeness (QED) is 0.764. The van der Waals surface area contributed by atoms with Gasteiger partial charge >= 0.3 is 0 Å². The number of hydrogen-bond donors (Lipinski definition) is 1. The van der Waals surface area contributed by atoms with Gasteiger partial charge in [0.15, 0.2) is 17.5 Å². The topological polar surface area (TPSA) is 12.0 Å². The summed E-state index contributed by atoms with van der Waals surface area (Å²) >= 11 is 0. The molecule has 0 heterocycles. The predicted molar refractivity (Wildman–Crippen MR) is 53.2 cm³/mol. The van der Waals surface area contributed by atoms with E-state index in [4.69, 9.17) is 0 Å². The summed E-state index contributed by atoms with van der Waals surface area (Å²) in [5.41, 5.74) is 0.480. The van der Waals surface area contributed by atoms with Crippen LogP contribution >= 0.6 is 0 Å². The summed E-state index contributed by atoms with van der Waals surface area (Å²) in [4.78, 5) is 0. The first-order chi connectivity index (χ1) is 7.04. The molecular formula is C11H14F3N. The van der Waals surface area contributed by atoms with Gasteiger partial charge in [-0.3, -0.25) is 0 Å². The van der Waals surface area contributed by atoms with Crippen molar-refractivity contribution in [2.75, 3.05) is 7.05 Å². The number of hydrogen-bond acceptors (Lipinski definition) is 1. The van der Waals surface area contributed by atoms with Gasteiger partial charge in [0.05, 0.1) is 0 Å². The van der Waals surface area contributed by atoms with E-state index >= 15 is 0 Å². The highest BCUT2D eigenvalue weighted by Gasteiger charge is 2.10. The lowest BCUT2D eigenvalue weighted by atomic mass is 10.1. The van der Waals surface area contributed by atoms with Crippen molar-refractivity contribution in [3.63, 3.8) is 0 Å². The van der Waals surface area contributed by atoms with Crippen LogP contribution in [0.15, 0.2) is 12.1 Å². The molecular weight excluding hydrogens is 203 g/mol. The molecule has 0 saturated heterocycles. The molecule has 1 atom stereocenters. The van der Waals surface area contributed by atoms with Crippen molar-refractivity contribution in [3.05, 3.63) is 35.1 Å². The van der Waals surface area contributed by atoms with Crippen LogP contribution in [0.5, 0.6) is 0 Å². The molecule has 0 aliphatic rings. The van der Waals surface area contributed by atoms with Crippen LogP contribution in [-0.4, -0.2) is 13.1 Å². The van der Waals surface area contributed by atoms with Gasteiger partial charge in [0.25, 0.3) is 0 Å². The molecule has 0 bridgehead atoms. The average Bonchev–Trinajstić information content (AvgIpc) is 2.22. The number of rotatable bonds is 4. The number of benzene rings is 1. The lowest BCUT2D eigenvalue weighted by Crippen LogP contribution is -2.21. The van der Waals surface area contributed by atoms with E-state index in [-0.39, 0.29) is 6.04 Å². The Morgan fingerprint density at radius 2 is 1.73 bits per heavy atom. The minimum Gasteiger partial charge on any atom is -0.317 e. The average molecular weight is 217 g/mol.